The number of likely N-dealkylation sites (tertiary alicyclic amines) is 1. The molecule has 1 N–H and O–H groups in total. The lowest BCUT2D eigenvalue weighted by molar-refractivity contribution is -0.141. The Hall–Kier alpha value is -0.900. The van der Waals surface area contributed by atoms with Crippen molar-refractivity contribution in [1.29, 1.82) is 0 Å². The van der Waals surface area contributed by atoms with E-state index in [0.717, 1.165) is 32.4 Å². The minimum atomic E-state index is -0.00523. The van der Waals surface area contributed by atoms with Gasteiger partial charge < -0.3 is 5.32 Å². The van der Waals surface area contributed by atoms with Gasteiger partial charge in [-0.05, 0) is 50.1 Å². The molecule has 0 aromatic heterocycles. The standard InChI is InChI=1S/C15H24N2O2/c1-9-5-12-13(6-9)15(19)17(14(12)18)8-11-7-16-4-3-10(11)2/h9-13,16H,3-8H2,1-2H3. The molecule has 0 aromatic rings. The monoisotopic (exact) mass is 264 g/mol. The summed E-state index contributed by atoms with van der Waals surface area (Å²) in [5.41, 5.74) is 0. The number of piperidine rings is 1. The van der Waals surface area contributed by atoms with Crippen LogP contribution in [0.1, 0.15) is 33.1 Å². The fourth-order valence-corrected chi connectivity index (χ4v) is 4.06. The van der Waals surface area contributed by atoms with Gasteiger partial charge in [0.15, 0.2) is 0 Å². The summed E-state index contributed by atoms with van der Waals surface area (Å²) >= 11 is 0. The Bertz CT molecular complexity index is 372. The van der Waals surface area contributed by atoms with Crippen LogP contribution in [0, 0.1) is 29.6 Å². The van der Waals surface area contributed by atoms with Gasteiger partial charge in [-0.1, -0.05) is 13.8 Å². The maximum Gasteiger partial charge on any atom is 0.233 e. The second kappa shape index (κ2) is 4.89. The minimum Gasteiger partial charge on any atom is -0.316 e. The topological polar surface area (TPSA) is 49.4 Å². The van der Waals surface area contributed by atoms with Crippen molar-refractivity contribution in [3.8, 4) is 0 Å². The van der Waals surface area contributed by atoms with E-state index in [-0.39, 0.29) is 23.7 Å². The third-order valence-corrected chi connectivity index (χ3v) is 5.37. The third kappa shape index (κ3) is 2.20. The number of rotatable bonds is 2. The SMILES string of the molecule is CC1CC2C(=O)N(CC3CNCCC3C)C(=O)C2C1. The number of nitrogens with zero attached hydrogens (tertiary/aromatic N) is 1. The first kappa shape index (κ1) is 13.1. The molecule has 0 bridgehead atoms. The summed E-state index contributed by atoms with van der Waals surface area (Å²) in [5.74, 6) is 1.76. The molecule has 4 nitrogen and oxygen atoms in total. The smallest absolute Gasteiger partial charge is 0.233 e. The molecule has 2 saturated heterocycles. The Morgan fingerprint density at radius 3 is 2.37 bits per heavy atom. The number of imide groups is 1. The van der Waals surface area contributed by atoms with Crippen molar-refractivity contribution in [3.05, 3.63) is 0 Å². The van der Waals surface area contributed by atoms with Gasteiger partial charge >= 0.3 is 0 Å². The molecule has 2 amide bonds. The van der Waals surface area contributed by atoms with Gasteiger partial charge in [0.25, 0.3) is 0 Å². The average molecular weight is 264 g/mol. The molecule has 3 aliphatic rings. The second-order valence-corrected chi connectivity index (χ2v) is 6.81. The quantitative estimate of drug-likeness (QED) is 0.764. The van der Waals surface area contributed by atoms with E-state index in [1.165, 1.54) is 0 Å². The number of amides is 2. The first-order chi connectivity index (χ1) is 9.08. The number of carbonyl (C=O) groups excluding carboxylic acids is 2. The normalized spacial score (nSPS) is 42.8. The molecule has 1 aliphatic carbocycles. The summed E-state index contributed by atoms with van der Waals surface area (Å²) in [5, 5.41) is 3.38. The molecule has 0 spiro atoms. The molecule has 4 heteroatoms. The van der Waals surface area contributed by atoms with Gasteiger partial charge in [-0.15, -0.1) is 0 Å². The Morgan fingerprint density at radius 2 is 1.79 bits per heavy atom. The van der Waals surface area contributed by atoms with Crippen molar-refractivity contribution in [3.63, 3.8) is 0 Å². The van der Waals surface area contributed by atoms with Crippen molar-refractivity contribution in [2.24, 2.45) is 29.6 Å². The average Bonchev–Trinajstić information content (AvgIpc) is 2.86. The first-order valence-electron chi connectivity index (χ1n) is 7.64. The van der Waals surface area contributed by atoms with Gasteiger partial charge in [-0.3, -0.25) is 14.5 Å². The molecule has 0 aromatic carbocycles. The summed E-state index contributed by atoms with van der Waals surface area (Å²) in [4.78, 5) is 26.4. The van der Waals surface area contributed by atoms with Gasteiger partial charge in [-0.25, -0.2) is 0 Å². The lowest BCUT2D eigenvalue weighted by Crippen LogP contribution is -2.44. The molecule has 1 saturated carbocycles. The maximum atomic E-state index is 12.4. The number of hydrogen-bond acceptors (Lipinski definition) is 3. The lowest BCUT2D eigenvalue weighted by atomic mass is 9.87. The van der Waals surface area contributed by atoms with Crippen LogP contribution in [0.2, 0.25) is 0 Å². The van der Waals surface area contributed by atoms with Crippen molar-refractivity contribution in [2.45, 2.75) is 33.1 Å². The van der Waals surface area contributed by atoms with Crippen LogP contribution < -0.4 is 5.32 Å². The van der Waals surface area contributed by atoms with E-state index in [1.807, 2.05) is 0 Å². The molecule has 4 atom stereocenters. The van der Waals surface area contributed by atoms with E-state index in [1.54, 1.807) is 4.90 Å². The van der Waals surface area contributed by atoms with Crippen LogP contribution in [0.3, 0.4) is 0 Å². The fourth-order valence-electron chi connectivity index (χ4n) is 4.06. The van der Waals surface area contributed by atoms with Gasteiger partial charge in [0.05, 0.1) is 11.8 Å². The highest BCUT2D eigenvalue weighted by atomic mass is 16.2. The van der Waals surface area contributed by atoms with Gasteiger partial charge in [0.1, 0.15) is 0 Å². The van der Waals surface area contributed by atoms with E-state index in [0.29, 0.717) is 24.3 Å². The summed E-state index contributed by atoms with van der Waals surface area (Å²) in [6.45, 7) is 7.01. The Labute approximate surface area is 114 Å². The van der Waals surface area contributed by atoms with Crippen LogP contribution >= 0.6 is 0 Å². The van der Waals surface area contributed by atoms with Crippen molar-refractivity contribution in [2.75, 3.05) is 19.6 Å². The van der Waals surface area contributed by atoms with E-state index >= 15 is 0 Å². The summed E-state index contributed by atoms with van der Waals surface area (Å²) in [7, 11) is 0. The molecule has 0 radical (unpaired) electrons. The highest BCUT2D eigenvalue weighted by Gasteiger charge is 2.52. The van der Waals surface area contributed by atoms with E-state index in [2.05, 4.69) is 19.2 Å². The summed E-state index contributed by atoms with van der Waals surface area (Å²) in [6, 6.07) is 0. The minimum absolute atomic E-state index is 0.00523. The highest BCUT2D eigenvalue weighted by Crippen LogP contribution is 2.43. The highest BCUT2D eigenvalue weighted by molar-refractivity contribution is 6.05. The molecule has 4 unspecified atom stereocenters. The van der Waals surface area contributed by atoms with Crippen molar-refractivity contribution < 1.29 is 9.59 Å². The predicted molar refractivity (Wildman–Crippen MR) is 72.2 cm³/mol. The molecule has 3 rings (SSSR count). The van der Waals surface area contributed by atoms with Gasteiger partial charge in [0.2, 0.25) is 11.8 Å². The molecule has 2 heterocycles. The van der Waals surface area contributed by atoms with Crippen LogP contribution in [0.5, 0.6) is 0 Å². The van der Waals surface area contributed by atoms with Gasteiger partial charge in [0, 0.05) is 6.54 Å². The number of carbonyl (C=O) groups is 2. The number of fused-ring (bicyclic) bond motifs is 1. The molecular weight excluding hydrogens is 240 g/mol. The molecule has 2 aliphatic heterocycles. The summed E-state index contributed by atoms with van der Waals surface area (Å²) in [6.07, 6.45) is 2.96. The first-order valence-corrected chi connectivity index (χ1v) is 7.64. The van der Waals surface area contributed by atoms with Crippen LogP contribution in [0.4, 0.5) is 0 Å². The largest absolute Gasteiger partial charge is 0.316 e. The molecule has 106 valence electrons. The molecule has 3 fully saturated rings. The maximum absolute atomic E-state index is 12.4. The van der Waals surface area contributed by atoms with Crippen LogP contribution in [0.25, 0.3) is 0 Å². The Kier molecular flexibility index (Phi) is 3.37. The van der Waals surface area contributed by atoms with E-state index in [9.17, 15) is 9.59 Å². The fraction of sp³-hybridized carbons (Fsp3) is 0.867. The van der Waals surface area contributed by atoms with Gasteiger partial charge in [-0.2, -0.15) is 0 Å². The van der Waals surface area contributed by atoms with Crippen LogP contribution in [0.15, 0.2) is 0 Å². The predicted octanol–water partition coefficient (Wildman–Crippen LogP) is 1.26. The zero-order valence-corrected chi connectivity index (χ0v) is 11.9. The Balaban J connectivity index is 1.69. The van der Waals surface area contributed by atoms with Crippen molar-refractivity contribution >= 4 is 11.8 Å². The van der Waals surface area contributed by atoms with Crippen LogP contribution in [-0.4, -0.2) is 36.3 Å². The van der Waals surface area contributed by atoms with E-state index in [4.69, 9.17) is 0 Å². The molecular formula is C15H24N2O2. The van der Waals surface area contributed by atoms with E-state index < -0.39 is 0 Å². The van der Waals surface area contributed by atoms with Crippen LogP contribution in [-0.2, 0) is 9.59 Å². The second-order valence-electron chi connectivity index (χ2n) is 6.81. The third-order valence-electron chi connectivity index (χ3n) is 5.37. The number of nitrogens with one attached hydrogen (secondary N) is 1. The van der Waals surface area contributed by atoms with Crippen molar-refractivity contribution in [1.82, 2.24) is 10.2 Å². The zero-order chi connectivity index (χ0) is 13.6. The number of hydrogen-bond donors (Lipinski definition) is 1. The lowest BCUT2D eigenvalue weighted by Gasteiger charge is -2.32. The Morgan fingerprint density at radius 1 is 1.16 bits per heavy atom. The summed E-state index contributed by atoms with van der Waals surface area (Å²) < 4.78 is 0. The molecule has 19 heavy (non-hydrogen) atoms. The zero-order valence-electron chi connectivity index (χ0n) is 11.9.